The van der Waals surface area contributed by atoms with Gasteiger partial charge in [0, 0.05) is 12.8 Å². The predicted octanol–water partition coefficient (Wildman–Crippen LogP) is 4.43. The molecule has 1 aromatic heterocycles. The number of carbonyl (C=O) groups excluding carboxylic acids is 2. The minimum Gasteiger partial charge on any atom is -0.292 e. The molecular formula is C14H18I2N2O2. The Hall–Kier alpha value is -0.120. The van der Waals surface area contributed by atoms with Gasteiger partial charge in [-0.15, -0.1) is 0 Å². The first-order valence-corrected chi connectivity index (χ1v) is 8.96. The molecule has 0 atom stereocenters. The summed E-state index contributed by atoms with van der Waals surface area (Å²) in [5.74, 6) is 0.0171. The Balaban J connectivity index is 2.96. The summed E-state index contributed by atoms with van der Waals surface area (Å²) in [6, 6.07) is 0. The van der Waals surface area contributed by atoms with Gasteiger partial charge in [0.25, 0.3) is 0 Å². The van der Waals surface area contributed by atoms with Gasteiger partial charge in [-0.05, 0) is 58.0 Å². The Morgan fingerprint density at radius 3 is 1.50 bits per heavy atom. The van der Waals surface area contributed by atoms with Crippen molar-refractivity contribution in [1.82, 2.24) is 9.97 Å². The van der Waals surface area contributed by atoms with Gasteiger partial charge in [-0.3, -0.25) is 9.59 Å². The lowest BCUT2D eigenvalue weighted by Gasteiger charge is -2.07. The zero-order chi connectivity index (χ0) is 15.1. The minimum atomic E-state index is 0.00854. The third-order valence-corrected chi connectivity index (χ3v) is 4.36. The van der Waals surface area contributed by atoms with Crippen molar-refractivity contribution in [3.05, 3.63) is 18.8 Å². The summed E-state index contributed by atoms with van der Waals surface area (Å²) in [7, 11) is 0. The molecule has 0 aromatic carbocycles. The van der Waals surface area contributed by atoms with Gasteiger partial charge in [0.2, 0.25) is 0 Å². The highest BCUT2D eigenvalue weighted by Crippen LogP contribution is 2.18. The fourth-order valence-electron chi connectivity index (χ4n) is 1.66. The van der Waals surface area contributed by atoms with Gasteiger partial charge in [-0.25, -0.2) is 9.97 Å². The van der Waals surface area contributed by atoms with E-state index in [4.69, 9.17) is 0 Å². The van der Waals surface area contributed by atoms with Crippen LogP contribution in [0.15, 0.2) is 0 Å². The molecule has 0 saturated heterocycles. The number of carbonyl (C=O) groups is 2. The number of aromatic nitrogens is 2. The molecule has 0 aliphatic carbocycles. The van der Waals surface area contributed by atoms with Crippen molar-refractivity contribution in [2.75, 3.05) is 0 Å². The SMILES string of the molecule is CCCCC(=O)c1nc(I)c(C(=O)CCCC)nc1I. The molecule has 0 N–H and O–H groups in total. The smallest absolute Gasteiger partial charge is 0.183 e. The molecular weight excluding hydrogens is 482 g/mol. The van der Waals surface area contributed by atoms with Crippen LogP contribution in [0.5, 0.6) is 0 Å². The van der Waals surface area contributed by atoms with Crippen molar-refractivity contribution in [3.63, 3.8) is 0 Å². The van der Waals surface area contributed by atoms with Crippen molar-refractivity contribution in [2.45, 2.75) is 52.4 Å². The predicted molar refractivity (Wildman–Crippen MR) is 95.2 cm³/mol. The van der Waals surface area contributed by atoms with E-state index in [-0.39, 0.29) is 11.6 Å². The standard InChI is InChI=1S/C14H18I2N2O2/c1-3-5-7-9(19)11-13(15)18-12(14(16)17-11)10(20)8-6-4-2/h3-8H2,1-2H3. The van der Waals surface area contributed by atoms with Gasteiger partial charge in [0.15, 0.2) is 11.6 Å². The van der Waals surface area contributed by atoms with Crippen LogP contribution in [0.25, 0.3) is 0 Å². The second kappa shape index (κ2) is 9.01. The molecule has 0 fully saturated rings. The summed E-state index contributed by atoms with van der Waals surface area (Å²) in [5.41, 5.74) is 0.797. The molecule has 1 rings (SSSR count). The summed E-state index contributed by atoms with van der Waals surface area (Å²) < 4.78 is 1.06. The Morgan fingerprint density at radius 2 is 1.20 bits per heavy atom. The lowest BCUT2D eigenvalue weighted by Crippen LogP contribution is -2.14. The van der Waals surface area contributed by atoms with Gasteiger partial charge in [0.1, 0.15) is 18.8 Å². The van der Waals surface area contributed by atoms with Gasteiger partial charge < -0.3 is 0 Å². The van der Waals surface area contributed by atoms with Crippen LogP contribution < -0.4 is 0 Å². The molecule has 6 heteroatoms. The number of hydrogen-bond acceptors (Lipinski definition) is 4. The average molecular weight is 500 g/mol. The maximum absolute atomic E-state index is 12.0. The summed E-state index contributed by atoms with van der Waals surface area (Å²) in [5, 5.41) is 0. The number of nitrogens with zero attached hydrogens (tertiary/aromatic N) is 2. The number of hydrogen-bond donors (Lipinski definition) is 0. The number of ketones is 2. The zero-order valence-corrected chi connectivity index (χ0v) is 16.0. The highest BCUT2D eigenvalue weighted by molar-refractivity contribution is 14.1. The highest BCUT2D eigenvalue weighted by atomic mass is 127. The molecule has 20 heavy (non-hydrogen) atoms. The van der Waals surface area contributed by atoms with Crippen LogP contribution in [0, 0.1) is 7.40 Å². The molecule has 1 heterocycles. The van der Waals surface area contributed by atoms with Crippen molar-refractivity contribution in [1.29, 1.82) is 0 Å². The first kappa shape index (κ1) is 17.9. The van der Waals surface area contributed by atoms with Crippen molar-refractivity contribution >= 4 is 56.7 Å². The molecule has 0 saturated carbocycles. The number of Topliss-reactive ketones (excluding diaryl/α,β-unsaturated/α-hetero) is 2. The van der Waals surface area contributed by atoms with E-state index in [0.717, 1.165) is 25.7 Å². The van der Waals surface area contributed by atoms with E-state index in [1.807, 2.05) is 59.0 Å². The van der Waals surface area contributed by atoms with Crippen molar-refractivity contribution in [3.8, 4) is 0 Å². The fourth-order valence-corrected chi connectivity index (χ4v) is 2.99. The van der Waals surface area contributed by atoms with Gasteiger partial charge >= 0.3 is 0 Å². The van der Waals surface area contributed by atoms with Crippen LogP contribution in [0.2, 0.25) is 0 Å². The summed E-state index contributed by atoms with van der Waals surface area (Å²) >= 11 is 3.98. The fraction of sp³-hybridized carbons (Fsp3) is 0.571. The minimum absolute atomic E-state index is 0.00854. The van der Waals surface area contributed by atoms with Crippen LogP contribution >= 0.6 is 45.2 Å². The van der Waals surface area contributed by atoms with Crippen molar-refractivity contribution < 1.29 is 9.59 Å². The van der Waals surface area contributed by atoms with E-state index >= 15 is 0 Å². The maximum atomic E-state index is 12.0. The number of halogens is 2. The highest BCUT2D eigenvalue weighted by Gasteiger charge is 2.19. The summed E-state index contributed by atoms with van der Waals surface area (Å²) in [6.07, 6.45) is 4.62. The lowest BCUT2D eigenvalue weighted by atomic mass is 10.1. The molecule has 0 radical (unpaired) electrons. The monoisotopic (exact) mass is 500 g/mol. The van der Waals surface area contributed by atoms with E-state index < -0.39 is 0 Å². The van der Waals surface area contributed by atoms with E-state index in [1.54, 1.807) is 0 Å². The molecule has 1 aromatic rings. The van der Waals surface area contributed by atoms with Crippen molar-refractivity contribution in [2.24, 2.45) is 0 Å². The number of unbranched alkanes of at least 4 members (excludes halogenated alkanes) is 2. The molecule has 0 unspecified atom stereocenters. The molecule has 110 valence electrons. The Bertz CT molecular complexity index is 458. The summed E-state index contributed by atoms with van der Waals surface area (Å²) in [4.78, 5) is 32.7. The lowest BCUT2D eigenvalue weighted by molar-refractivity contribution is 0.0958. The molecule has 0 aliphatic rings. The van der Waals surface area contributed by atoms with E-state index in [1.165, 1.54) is 0 Å². The average Bonchev–Trinajstić information content (AvgIpc) is 2.44. The Labute approximate surface area is 146 Å². The summed E-state index contributed by atoms with van der Waals surface area (Å²) in [6.45, 7) is 4.09. The Morgan fingerprint density at radius 1 is 0.850 bits per heavy atom. The molecule has 0 bridgehead atoms. The van der Waals surface area contributed by atoms with Crippen LogP contribution in [-0.4, -0.2) is 21.5 Å². The van der Waals surface area contributed by atoms with Gasteiger partial charge in [0.05, 0.1) is 0 Å². The van der Waals surface area contributed by atoms with Crippen LogP contribution in [0.1, 0.15) is 73.3 Å². The molecule has 0 spiro atoms. The molecule has 0 aliphatic heterocycles. The quantitative estimate of drug-likeness (QED) is 0.392. The number of rotatable bonds is 8. The normalized spacial score (nSPS) is 10.6. The van der Waals surface area contributed by atoms with E-state index in [9.17, 15) is 9.59 Å². The second-order valence-corrected chi connectivity index (χ2v) is 6.60. The van der Waals surface area contributed by atoms with Gasteiger partial charge in [-0.2, -0.15) is 0 Å². The van der Waals surface area contributed by atoms with E-state index in [0.29, 0.717) is 31.6 Å². The molecule has 4 nitrogen and oxygen atoms in total. The topological polar surface area (TPSA) is 59.9 Å². The largest absolute Gasteiger partial charge is 0.292 e. The third-order valence-electron chi connectivity index (χ3n) is 2.85. The zero-order valence-electron chi connectivity index (χ0n) is 11.7. The van der Waals surface area contributed by atoms with E-state index in [2.05, 4.69) is 9.97 Å². The third kappa shape index (κ3) is 5.01. The first-order valence-electron chi connectivity index (χ1n) is 6.80. The molecule has 0 amide bonds. The second-order valence-electron chi connectivity index (χ2n) is 4.56. The maximum Gasteiger partial charge on any atom is 0.183 e. The van der Waals surface area contributed by atoms with Crippen LogP contribution in [0.4, 0.5) is 0 Å². The van der Waals surface area contributed by atoms with Crippen LogP contribution in [0.3, 0.4) is 0 Å². The first-order chi connectivity index (χ1) is 9.51. The Kier molecular flexibility index (Phi) is 8.08. The van der Waals surface area contributed by atoms with Gasteiger partial charge in [-0.1, -0.05) is 26.7 Å². The van der Waals surface area contributed by atoms with Crippen LogP contribution in [-0.2, 0) is 0 Å².